The maximum absolute atomic E-state index is 12.5. The summed E-state index contributed by atoms with van der Waals surface area (Å²) in [5.41, 5.74) is 1.09. The molecule has 2 heterocycles. The molecule has 2 aromatic rings. The van der Waals surface area contributed by atoms with Gasteiger partial charge in [-0.1, -0.05) is 6.92 Å². The van der Waals surface area contributed by atoms with Gasteiger partial charge in [0, 0.05) is 30.5 Å². The Labute approximate surface area is 157 Å². The second-order valence-electron chi connectivity index (χ2n) is 6.74. The van der Waals surface area contributed by atoms with Gasteiger partial charge in [-0.2, -0.15) is 0 Å². The zero-order chi connectivity index (χ0) is 19.4. The lowest BCUT2D eigenvalue weighted by Gasteiger charge is -2.30. The lowest BCUT2D eigenvalue weighted by atomic mass is 9.98. The Morgan fingerprint density at radius 3 is 2.37 bits per heavy atom. The number of carbonyl (C=O) groups excluding carboxylic acids is 2. The molecule has 140 valence electrons. The molecule has 0 atom stereocenters. The molecule has 0 saturated carbocycles. The number of anilines is 1. The molecular formula is C20H21N3O4. The number of rotatable bonds is 4. The Morgan fingerprint density at radius 1 is 1.07 bits per heavy atom. The molecule has 0 aliphatic carbocycles. The Kier molecular flexibility index (Phi) is 5.49. The highest BCUT2D eigenvalue weighted by atomic mass is 16.4. The Hall–Kier alpha value is -3.22. The molecule has 27 heavy (non-hydrogen) atoms. The summed E-state index contributed by atoms with van der Waals surface area (Å²) in [5.74, 6) is -0.987. The Bertz CT molecular complexity index is 856. The molecule has 0 unspecified atom stereocenters. The summed E-state index contributed by atoms with van der Waals surface area (Å²) in [4.78, 5) is 41.5. The predicted molar refractivity (Wildman–Crippen MR) is 99.9 cm³/mol. The summed E-state index contributed by atoms with van der Waals surface area (Å²) in [7, 11) is 0. The number of nitrogens with zero attached hydrogens (tertiary/aromatic N) is 2. The van der Waals surface area contributed by atoms with Crippen LogP contribution in [0.15, 0.2) is 42.6 Å². The van der Waals surface area contributed by atoms with E-state index in [2.05, 4.69) is 17.2 Å². The van der Waals surface area contributed by atoms with Crippen molar-refractivity contribution in [1.29, 1.82) is 0 Å². The fourth-order valence-electron chi connectivity index (χ4n) is 2.97. The predicted octanol–water partition coefficient (Wildman–Crippen LogP) is 2.90. The molecular weight excluding hydrogens is 346 g/mol. The van der Waals surface area contributed by atoms with Gasteiger partial charge in [-0.25, -0.2) is 4.79 Å². The minimum Gasteiger partial charge on any atom is -0.478 e. The molecule has 1 saturated heterocycles. The third kappa shape index (κ3) is 4.49. The number of carboxylic acid groups (broad SMARTS) is 1. The largest absolute Gasteiger partial charge is 0.478 e. The highest BCUT2D eigenvalue weighted by molar-refractivity contribution is 6.04. The van der Waals surface area contributed by atoms with Gasteiger partial charge in [0.15, 0.2) is 0 Å². The van der Waals surface area contributed by atoms with Gasteiger partial charge in [-0.05, 0) is 55.2 Å². The maximum atomic E-state index is 12.5. The van der Waals surface area contributed by atoms with E-state index < -0.39 is 11.9 Å². The summed E-state index contributed by atoms with van der Waals surface area (Å²) in [5, 5.41) is 11.6. The van der Waals surface area contributed by atoms with Crippen molar-refractivity contribution in [3.8, 4) is 0 Å². The van der Waals surface area contributed by atoms with Gasteiger partial charge in [-0.15, -0.1) is 0 Å². The van der Waals surface area contributed by atoms with Crippen LogP contribution < -0.4 is 5.32 Å². The molecule has 2 N–H and O–H groups in total. The Morgan fingerprint density at radius 2 is 1.74 bits per heavy atom. The number of hydrogen-bond donors (Lipinski definition) is 2. The van der Waals surface area contributed by atoms with E-state index in [9.17, 15) is 14.4 Å². The van der Waals surface area contributed by atoms with Gasteiger partial charge in [0.1, 0.15) is 5.69 Å². The average molecular weight is 367 g/mol. The van der Waals surface area contributed by atoms with Crippen LogP contribution in [0.25, 0.3) is 0 Å². The highest BCUT2D eigenvalue weighted by Crippen LogP contribution is 2.19. The van der Waals surface area contributed by atoms with E-state index in [1.54, 1.807) is 24.3 Å². The summed E-state index contributed by atoms with van der Waals surface area (Å²) in [6, 6.07) is 9.19. The van der Waals surface area contributed by atoms with E-state index in [-0.39, 0.29) is 17.2 Å². The number of hydrogen-bond acceptors (Lipinski definition) is 4. The zero-order valence-electron chi connectivity index (χ0n) is 15.0. The van der Waals surface area contributed by atoms with Crippen molar-refractivity contribution in [2.24, 2.45) is 5.92 Å². The van der Waals surface area contributed by atoms with Crippen LogP contribution in [0.5, 0.6) is 0 Å². The Balaban J connectivity index is 1.65. The van der Waals surface area contributed by atoms with Gasteiger partial charge in [0.25, 0.3) is 11.8 Å². The van der Waals surface area contributed by atoms with Gasteiger partial charge in [0.05, 0.1) is 5.56 Å². The first-order valence-corrected chi connectivity index (χ1v) is 8.84. The lowest BCUT2D eigenvalue weighted by molar-refractivity contribution is 0.0688. The summed E-state index contributed by atoms with van der Waals surface area (Å²) in [6.07, 6.45) is 3.31. The van der Waals surface area contributed by atoms with Crippen LogP contribution in [0.1, 0.15) is 51.0 Å². The van der Waals surface area contributed by atoms with Crippen LogP contribution >= 0.6 is 0 Å². The van der Waals surface area contributed by atoms with E-state index in [4.69, 9.17) is 5.11 Å². The van der Waals surface area contributed by atoms with Crippen LogP contribution in [0, 0.1) is 5.92 Å². The molecule has 1 aromatic heterocycles. The third-order valence-corrected chi connectivity index (χ3v) is 4.70. The molecule has 2 amide bonds. The molecule has 1 aliphatic heterocycles. The summed E-state index contributed by atoms with van der Waals surface area (Å²) in [6.45, 7) is 3.73. The fraction of sp³-hybridized carbons (Fsp3) is 0.300. The summed E-state index contributed by atoms with van der Waals surface area (Å²) >= 11 is 0. The van der Waals surface area contributed by atoms with Crippen molar-refractivity contribution in [3.05, 3.63) is 59.4 Å². The molecule has 3 rings (SSSR count). The van der Waals surface area contributed by atoms with E-state index in [0.717, 1.165) is 25.9 Å². The quantitative estimate of drug-likeness (QED) is 0.865. The molecule has 0 spiro atoms. The maximum Gasteiger partial charge on any atom is 0.335 e. The number of piperidine rings is 1. The first kappa shape index (κ1) is 18.6. The van der Waals surface area contributed by atoms with E-state index in [1.807, 2.05) is 4.90 Å². The topological polar surface area (TPSA) is 99.6 Å². The van der Waals surface area contributed by atoms with Crippen LogP contribution in [0.3, 0.4) is 0 Å². The monoisotopic (exact) mass is 367 g/mol. The number of benzene rings is 1. The van der Waals surface area contributed by atoms with Gasteiger partial charge < -0.3 is 15.3 Å². The zero-order valence-corrected chi connectivity index (χ0v) is 15.0. The minimum absolute atomic E-state index is 0.00407. The minimum atomic E-state index is -1.12. The van der Waals surface area contributed by atoms with E-state index in [0.29, 0.717) is 17.2 Å². The van der Waals surface area contributed by atoms with Crippen molar-refractivity contribution in [1.82, 2.24) is 9.88 Å². The molecule has 7 nitrogen and oxygen atoms in total. The third-order valence-electron chi connectivity index (χ3n) is 4.70. The number of nitrogens with one attached hydrogen (secondary N) is 1. The molecule has 1 fully saturated rings. The number of carbonyl (C=O) groups is 3. The normalized spacial score (nSPS) is 14.6. The molecule has 7 heteroatoms. The molecule has 1 aliphatic rings. The second kappa shape index (κ2) is 7.99. The van der Waals surface area contributed by atoms with Crippen LogP contribution in [-0.4, -0.2) is 45.9 Å². The lowest BCUT2D eigenvalue weighted by Crippen LogP contribution is -2.37. The van der Waals surface area contributed by atoms with E-state index >= 15 is 0 Å². The standard InChI is InChI=1S/C20H21N3O4/c1-13-7-10-23(11-8-13)19(25)14-2-4-16(5-3-14)22-18(24)17-12-15(20(26)27)6-9-21-17/h2-6,9,12-13H,7-8,10-11H2,1H3,(H,22,24)(H,26,27). The van der Waals surface area contributed by atoms with Crippen LogP contribution in [-0.2, 0) is 0 Å². The molecule has 1 aromatic carbocycles. The summed E-state index contributed by atoms with van der Waals surface area (Å²) < 4.78 is 0. The first-order chi connectivity index (χ1) is 12.9. The highest BCUT2D eigenvalue weighted by Gasteiger charge is 2.21. The smallest absolute Gasteiger partial charge is 0.335 e. The van der Waals surface area contributed by atoms with Crippen LogP contribution in [0.2, 0.25) is 0 Å². The van der Waals surface area contributed by atoms with Crippen molar-refractivity contribution >= 4 is 23.5 Å². The SMILES string of the molecule is CC1CCN(C(=O)c2ccc(NC(=O)c3cc(C(=O)O)ccn3)cc2)CC1. The van der Waals surface area contributed by atoms with E-state index in [1.165, 1.54) is 18.3 Å². The van der Waals surface area contributed by atoms with Gasteiger partial charge in [-0.3, -0.25) is 14.6 Å². The van der Waals surface area contributed by atoms with Crippen molar-refractivity contribution in [2.45, 2.75) is 19.8 Å². The van der Waals surface area contributed by atoms with Crippen LogP contribution in [0.4, 0.5) is 5.69 Å². The first-order valence-electron chi connectivity index (χ1n) is 8.84. The van der Waals surface area contributed by atoms with Gasteiger partial charge in [0.2, 0.25) is 0 Å². The van der Waals surface area contributed by atoms with Crippen molar-refractivity contribution in [2.75, 3.05) is 18.4 Å². The number of pyridine rings is 1. The second-order valence-corrected chi connectivity index (χ2v) is 6.74. The number of amides is 2. The fourth-order valence-corrected chi connectivity index (χ4v) is 2.97. The number of carboxylic acids is 1. The van der Waals surface area contributed by atoms with Gasteiger partial charge >= 0.3 is 5.97 Å². The van der Waals surface area contributed by atoms with Crippen molar-refractivity contribution < 1.29 is 19.5 Å². The molecule has 0 radical (unpaired) electrons. The number of aromatic carboxylic acids is 1. The average Bonchev–Trinajstić information content (AvgIpc) is 2.68. The number of aromatic nitrogens is 1. The number of likely N-dealkylation sites (tertiary alicyclic amines) is 1. The van der Waals surface area contributed by atoms with Crippen molar-refractivity contribution in [3.63, 3.8) is 0 Å². The molecule has 0 bridgehead atoms.